The van der Waals surface area contributed by atoms with Crippen molar-refractivity contribution in [1.82, 2.24) is 14.5 Å². The summed E-state index contributed by atoms with van der Waals surface area (Å²) >= 11 is 2.64. The van der Waals surface area contributed by atoms with Crippen LogP contribution in [0.25, 0.3) is 20.7 Å². The zero-order valence-electron chi connectivity index (χ0n) is 16.5. The molecule has 158 valence electrons. The van der Waals surface area contributed by atoms with Crippen molar-refractivity contribution >= 4 is 49.9 Å². The number of thiophene rings is 1. The number of ether oxygens (including phenoxy) is 1. The van der Waals surface area contributed by atoms with Crippen molar-refractivity contribution in [2.24, 2.45) is 0 Å². The SMILES string of the molecule is CCOC(=O)Cc1csc(NC(=O)Cn2cnc3sc(-c4ccccc4)cc3c2=O)n1. The predicted octanol–water partition coefficient (Wildman–Crippen LogP) is 3.33. The van der Waals surface area contributed by atoms with Gasteiger partial charge in [-0.1, -0.05) is 30.3 Å². The van der Waals surface area contributed by atoms with Crippen LogP contribution in [0.15, 0.2) is 52.9 Å². The molecular weight excluding hydrogens is 436 g/mol. The number of amides is 1. The van der Waals surface area contributed by atoms with E-state index in [1.807, 2.05) is 36.4 Å². The fourth-order valence-electron chi connectivity index (χ4n) is 2.94. The third-order valence-electron chi connectivity index (χ3n) is 4.32. The number of carbonyl (C=O) groups is 2. The molecule has 1 amide bonds. The molecule has 0 unspecified atom stereocenters. The largest absolute Gasteiger partial charge is 0.466 e. The highest BCUT2D eigenvalue weighted by Gasteiger charge is 2.14. The smallest absolute Gasteiger partial charge is 0.311 e. The molecular formula is C21H18N4O4S2. The first-order chi connectivity index (χ1) is 15.0. The number of anilines is 1. The molecule has 0 fully saturated rings. The van der Waals surface area contributed by atoms with Crippen molar-refractivity contribution < 1.29 is 14.3 Å². The minimum atomic E-state index is -0.404. The average molecular weight is 455 g/mol. The van der Waals surface area contributed by atoms with Gasteiger partial charge in [-0.05, 0) is 18.6 Å². The molecule has 0 saturated carbocycles. The van der Waals surface area contributed by atoms with Crippen LogP contribution in [-0.2, 0) is 27.3 Å². The number of nitrogens with zero attached hydrogens (tertiary/aromatic N) is 3. The molecule has 0 saturated heterocycles. The van der Waals surface area contributed by atoms with E-state index in [1.54, 1.807) is 12.3 Å². The molecule has 0 aliphatic heterocycles. The Hall–Kier alpha value is -3.37. The van der Waals surface area contributed by atoms with E-state index in [2.05, 4.69) is 15.3 Å². The van der Waals surface area contributed by atoms with Gasteiger partial charge in [-0.3, -0.25) is 19.0 Å². The van der Waals surface area contributed by atoms with Crippen LogP contribution in [0.3, 0.4) is 0 Å². The van der Waals surface area contributed by atoms with Crippen LogP contribution in [0.1, 0.15) is 12.6 Å². The van der Waals surface area contributed by atoms with Crippen molar-refractivity contribution in [2.45, 2.75) is 19.9 Å². The molecule has 0 aliphatic rings. The number of rotatable bonds is 7. The lowest BCUT2D eigenvalue weighted by Crippen LogP contribution is -2.27. The number of hydrogen-bond acceptors (Lipinski definition) is 8. The fraction of sp³-hybridized carbons (Fsp3) is 0.190. The van der Waals surface area contributed by atoms with Gasteiger partial charge in [0, 0.05) is 10.3 Å². The van der Waals surface area contributed by atoms with Crippen LogP contribution in [0.4, 0.5) is 5.13 Å². The monoisotopic (exact) mass is 454 g/mol. The standard InChI is InChI=1S/C21H18N4O4S2/c1-2-29-18(27)8-14-11-30-21(23-14)24-17(26)10-25-12-22-19-15(20(25)28)9-16(31-19)13-6-4-3-5-7-13/h3-7,9,11-12H,2,8,10H2,1H3,(H,23,24,26). The molecule has 0 aliphatic carbocycles. The molecule has 10 heteroatoms. The Morgan fingerprint density at radius 2 is 2.03 bits per heavy atom. The Morgan fingerprint density at radius 1 is 1.23 bits per heavy atom. The summed E-state index contributed by atoms with van der Waals surface area (Å²) in [5, 5.41) is 5.17. The van der Waals surface area contributed by atoms with Gasteiger partial charge in [0.25, 0.3) is 5.56 Å². The van der Waals surface area contributed by atoms with E-state index in [9.17, 15) is 14.4 Å². The molecule has 4 rings (SSSR count). The second-order valence-corrected chi connectivity index (χ2v) is 8.44. The molecule has 0 bridgehead atoms. The van der Waals surface area contributed by atoms with Gasteiger partial charge in [0.2, 0.25) is 5.91 Å². The Bertz CT molecular complexity index is 1290. The minimum Gasteiger partial charge on any atom is -0.466 e. The number of thiazole rings is 1. The second kappa shape index (κ2) is 9.19. The van der Waals surface area contributed by atoms with Gasteiger partial charge >= 0.3 is 5.97 Å². The van der Waals surface area contributed by atoms with E-state index >= 15 is 0 Å². The van der Waals surface area contributed by atoms with E-state index in [0.29, 0.717) is 27.6 Å². The van der Waals surface area contributed by atoms with Crippen LogP contribution in [0.5, 0.6) is 0 Å². The number of fused-ring (bicyclic) bond motifs is 1. The number of aromatic nitrogens is 3. The second-order valence-electron chi connectivity index (χ2n) is 6.55. The molecule has 8 nitrogen and oxygen atoms in total. The molecule has 0 radical (unpaired) electrons. The van der Waals surface area contributed by atoms with Gasteiger partial charge < -0.3 is 10.1 Å². The molecule has 1 aromatic carbocycles. The van der Waals surface area contributed by atoms with Gasteiger partial charge in [-0.25, -0.2) is 9.97 Å². The topological polar surface area (TPSA) is 103 Å². The first kappa shape index (κ1) is 20.9. The van der Waals surface area contributed by atoms with Gasteiger partial charge in [-0.2, -0.15) is 0 Å². The summed E-state index contributed by atoms with van der Waals surface area (Å²) < 4.78 is 6.16. The summed E-state index contributed by atoms with van der Waals surface area (Å²) in [7, 11) is 0. The molecule has 1 N–H and O–H groups in total. The van der Waals surface area contributed by atoms with E-state index in [1.165, 1.54) is 33.6 Å². The molecule has 4 aromatic rings. The summed E-state index contributed by atoms with van der Waals surface area (Å²) in [4.78, 5) is 46.9. The molecule has 0 spiro atoms. The van der Waals surface area contributed by atoms with E-state index in [4.69, 9.17) is 4.74 Å². The van der Waals surface area contributed by atoms with Gasteiger partial charge in [0.05, 0.1) is 30.4 Å². The van der Waals surface area contributed by atoms with Crippen LogP contribution in [-0.4, -0.2) is 33.0 Å². The normalized spacial score (nSPS) is 10.9. The summed E-state index contributed by atoms with van der Waals surface area (Å²) in [6, 6.07) is 11.6. The van der Waals surface area contributed by atoms with Crippen LogP contribution in [0, 0.1) is 0 Å². The van der Waals surface area contributed by atoms with Crippen molar-refractivity contribution in [3.05, 3.63) is 64.2 Å². The predicted molar refractivity (Wildman–Crippen MR) is 120 cm³/mol. The summed E-state index contributed by atoms with van der Waals surface area (Å²) in [6.45, 7) is 1.85. The van der Waals surface area contributed by atoms with Gasteiger partial charge in [-0.15, -0.1) is 22.7 Å². The van der Waals surface area contributed by atoms with Crippen LogP contribution < -0.4 is 10.9 Å². The lowest BCUT2D eigenvalue weighted by Gasteiger charge is -2.04. The van der Waals surface area contributed by atoms with Gasteiger partial charge in [0.15, 0.2) is 5.13 Å². The number of hydrogen-bond donors (Lipinski definition) is 1. The number of benzene rings is 1. The third-order valence-corrected chi connectivity index (χ3v) is 6.22. The maximum Gasteiger partial charge on any atom is 0.311 e. The maximum absolute atomic E-state index is 12.8. The highest BCUT2D eigenvalue weighted by Crippen LogP contribution is 2.30. The first-order valence-corrected chi connectivity index (χ1v) is 11.2. The number of nitrogens with one attached hydrogen (secondary N) is 1. The Kier molecular flexibility index (Phi) is 6.19. The van der Waals surface area contributed by atoms with Crippen LogP contribution >= 0.6 is 22.7 Å². The highest BCUT2D eigenvalue weighted by atomic mass is 32.1. The quantitative estimate of drug-likeness (QED) is 0.430. The van der Waals surface area contributed by atoms with Crippen molar-refractivity contribution in [3.8, 4) is 10.4 Å². The Morgan fingerprint density at radius 3 is 2.81 bits per heavy atom. The van der Waals surface area contributed by atoms with Crippen LogP contribution in [0.2, 0.25) is 0 Å². The average Bonchev–Trinajstić information content (AvgIpc) is 3.38. The van der Waals surface area contributed by atoms with Crippen molar-refractivity contribution in [2.75, 3.05) is 11.9 Å². The number of esters is 1. The Balaban J connectivity index is 1.46. The Labute approximate surface area is 185 Å². The zero-order valence-corrected chi connectivity index (χ0v) is 18.2. The highest BCUT2D eigenvalue weighted by molar-refractivity contribution is 7.21. The van der Waals surface area contributed by atoms with Gasteiger partial charge in [0.1, 0.15) is 11.4 Å². The lowest BCUT2D eigenvalue weighted by molar-refractivity contribution is -0.142. The van der Waals surface area contributed by atoms with Crippen molar-refractivity contribution in [3.63, 3.8) is 0 Å². The molecule has 31 heavy (non-hydrogen) atoms. The number of carbonyl (C=O) groups excluding carboxylic acids is 2. The molecule has 3 aromatic heterocycles. The zero-order chi connectivity index (χ0) is 21.8. The maximum atomic E-state index is 12.8. The summed E-state index contributed by atoms with van der Waals surface area (Å²) in [6.07, 6.45) is 1.42. The minimum absolute atomic E-state index is 0.0438. The first-order valence-electron chi connectivity index (χ1n) is 9.47. The molecule has 3 heterocycles. The summed E-state index contributed by atoms with van der Waals surface area (Å²) in [5.74, 6) is -0.777. The fourth-order valence-corrected chi connectivity index (χ4v) is 4.66. The molecule has 0 atom stereocenters. The van der Waals surface area contributed by atoms with E-state index < -0.39 is 5.91 Å². The lowest BCUT2D eigenvalue weighted by atomic mass is 10.2. The van der Waals surface area contributed by atoms with Crippen molar-refractivity contribution in [1.29, 1.82) is 0 Å². The van der Waals surface area contributed by atoms with E-state index in [0.717, 1.165) is 10.4 Å². The van der Waals surface area contributed by atoms with E-state index in [-0.39, 0.29) is 24.5 Å². The third kappa shape index (κ3) is 4.86. The summed E-state index contributed by atoms with van der Waals surface area (Å²) in [5.41, 5.74) is 1.25.